The molecular formula is C22H19NO4. The highest BCUT2D eigenvalue weighted by Gasteiger charge is 2.22. The number of ether oxygens (including phenoxy) is 1. The number of carbonyl (C=O) groups excluding carboxylic acids is 1. The summed E-state index contributed by atoms with van der Waals surface area (Å²) in [6.45, 7) is 0.183. The van der Waals surface area contributed by atoms with E-state index in [0.717, 1.165) is 11.1 Å². The minimum atomic E-state index is -0.997. The lowest BCUT2D eigenvalue weighted by Gasteiger charge is -2.19. The van der Waals surface area contributed by atoms with Crippen molar-refractivity contribution in [1.29, 1.82) is 0 Å². The van der Waals surface area contributed by atoms with Crippen molar-refractivity contribution >= 4 is 17.6 Å². The summed E-state index contributed by atoms with van der Waals surface area (Å²) in [5, 5.41) is 12.1. The zero-order valence-corrected chi connectivity index (χ0v) is 14.5. The molecule has 3 aromatic carbocycles. The molecule has 0 bridgehead atoms. The van der Waals surface area contributed by atoms with E-state index in [4.69, 9.17) is 9.84 Å². The molecule has 136 valence electrons. The van der Waals surface area contributed by atoms with Gasteiger partial charge in [0.25, 0.3) is 0 Å². The molecule has 0 aromatic heterocycles. The largest absolute Gasteiger partial charge is 0.478 e. The lowest BCUT2D eigenvalue weighted by molar-refractivity contribution is -0.146. The fraction of sp³-hybridized carbons (Fsp3) is 0.0909. The molecule has 0 amide bonds. The van der Waals surface area contributed by atoms with Crippen LogP contribution in [0.2, 0.25) is 0 Å². The first-order chi connectivity index (χ1) is 13.1. The average molecular weight is 361 g/mol. The van der Waals surface area contributed by atoms with E-state index < -0.39 is 18.0 Å². The molecule has 0 aliphatic heterocycles. The topological polar surface area (TPSA) is 75.6 Å². The maximum atomic E-state index is 12.7. The second-order valence-electron chi connectivity index (χ2n) is 5.96. The van der Waals surface area contributed by atoms with Gasteiger partial charge < -0.3 is 15.2 Å². The Morgan fingerprint density at radius 2 is 1.44 bits per heavy atom. The predicted molar refractivity (Wildman–Crippen MR) is 102 cm³/mol. The number of rotatable bonds is 7. The van der Waals surface area contributed by atoms with Gasteiger partial charge in [0, 0.05) is 5.69 Å². The Labute approximate surface area is 157 Å². The normalized spacial score (nSPS) is 11.4. The summed E-state index contributed by atoms with van der Waals surface area (Å²) in [7, 11) is 0. The first-order valence-electron chi connectivity index (χ1n) is 8.49. The molecule has 1 unspecified atom stereocenters. The molecular weight excluding hydrogens is 342 g/mol. The number of nitrogens with one attached hydrogen (secondary N) is 1. The monoisotopic (exact) mass is 361 g/mol. The maximum Gasteiger partial charge on any atom is 0.335 e. The fourth-order valence-corrected chi connectivity index (χ4v) is 2.61. The van der Waals surface area contributed by atoms with Gasteiger partial charge in [-0.3, -0.25) is 0 Å². The molecule has 0 radical (unpaired) electrons. The summed E-state index contributed by atoms with van der Waals surface area (Å²) in [6.07, 6.45) is 0. The van der Waals surface area contributed by atoms with Crippen LogP contribution in [0.3, 0.4) is 0 Å². The van der Waals surface area contributed by atoms with Gasteiger partial charge in [-0.2, -0.15) is 0 Å². The van der Waals surface area contributed by atoms with Gasteiger partial charge in [0.1, 0.15) is 6.61 Å². The van der Waals surface area contributed by atoms with E-state index in [0.29, 0.717) is 5.69 Å². The van der Waals surface area contributed by atoms with Gasteiger partial charge in [-0.05, 0) is 35.4 Å². The summed E-state index contributed by atoms with van der Waals surface area (Å²) in [5.41, 5.74) is 2.48. The number of esters is 1. The van der Waals surface area contributed by atoms with Crippen molar-refractivity contribution in [3.8, 4) is 0 Å². The number of hydrogen-bond acceptors (Lipinski definition) is 4. The maximum absolute atomic E-state index is 12.7. The zero-order chi connectivity index (χ0) is 19.1. The van der Waals surface area contributed by atoms with Crippen LogP contribution in [-0.2, 0) is 16.1 Å². The van der Waals surface area contributed by atoms with Crippen molar-refractivity contribution in [2.45, 2.75) is 12.6 Å². The standard InChI is InChI=1S/C22H19NO4/c24-21(25)18-11-13-19(14-12-18)23-20(17-9-5-2-6-10-17)22(26)27-15-16-7-3-1-4-8-16/h1-14,20,23H,15H2,(H,24,25). The average Bonchev–Trinajstić information content (AvgIpc) is 2.72. The highest BCUT2D eigenvalue weighted by molar-refractivity contribution is 5.88. The van der Waals surface area contributed by atoms with Crippen LogP contribution in [-0.4, -0.2) is 17.0 Å². The molecule has 0 fully saturated rings. The van der Waals surface area contributed by atoms with E-state index in [1.807, 2.05) is 60.7 Å². The van der Waals surface area contributed by atoms with Crippen molar-refractivity contribution in [3.63, 3.8) is 0 Å². The number of carbonyl (C=O) groups is 2. The first kappa shape index (κ1) is 18.2. The minimum Gasteiger partial charge on any atom is -0.478 e. The molecule has 3 rings (SSSR count). The predicted octanol–water partition coefficient (Wildman–Crippen LogP) is 4.28. The number of benzene rings is 3. The molecule has 0 heterocycles. The Bertz CT molecular complexity index is 893. The Kier molecular flexibility index (Phi) is 5.84. The molecule has 0 aliphatic carbocycles. The van der Waals surface area contributed by atoms with E-state index in [1.165, 1.54) is 12.1 Å². The molecule has 5 nitrogen and oxygen atoms in total. The lowest BCUT2D eigenvalue weighted by atomic mass is 10.1. The highest BCUT2D eigenvalue weighted by Crippen LogP contribution is 2.22. The van der Waals surface area contributed by atoms with Crippen molar-refractivity contribution in [2.75, 3.05) is 5.32 Å². The van der Waals surface area contributed by atoms with E-state index in [2.05, 4.69) is 5.32 Å². The van der Waals surface area contributed by atoms with E-state index in [1.54, 1.807) is 12.1 Å². The summed E-state index contributed by atoms with van der Waals surface area (Å²) < 4.78 is 5.48. The van der Waals surface area contributed by atoms with Gasteiger partial charge in [0.05, 0.1) is 5.56 Å². The summed E-state index contributed by atoms with van der Waals surface area (Å²) in [5.74, 6) is -1.41. The summed E-state index contributed by atoms with van der Waals surface area (Å²) >= 11 is 0. The van der Waals surface area contributed by atoms with Crippen molar-refractivity contribution in [3.05, 3.63) is 102 Å². The lowest BCUT2D eigenvalue weighted by Crippen LogP contribution is -2.23. The summed E-state index contributed by atoms with van der Waals surface area (Å²) in [6, 6.07) is 24.2. The van der Waals surface area contributed by atoms with Crippen LogP contribution in [0.25, 0.3) is 0 Å². The van der Waals surface area contributed by atoms with Crippen molar-refractivity contribution < 1.29 is 19.4 Å². The zero-order valence-electron chi connectivity index (χ0n) is 14.5. The number of hydrogen-bond donors (Lipinski definition) is 2. The van der Waals surface area contributed by atoms with E-state index >= 15 is 0 Å². The highest BCUT2D eigenvalue weighted by atomic mass is 16.5. The Morgan fingerprint density at radius 1 is 0.852 bits per heavy atom. The summed E-state index contributed by atoms with van der Waals surface area (Å²) in [4.78, 5) is 23.7. The second-order valence-corrected chi connectivity index (χ2v) is 5.96. The fourth-order valence-electron chi connectivity index (χ4n) is 2.61. The quantitative estimate of drug-likeness (QED) is 0.614. The smallest absolute Gasteiger partial charge is 0.335 e. The molecule has 2 N–H and O–H groups in total. The number of anilines is 1. The van der Waals surface area contributed by atoms with Gasteiger partial charge in [-0.25, -0.2) is 9.59 Å². The molecule has 0 spiro atoms. The SMILES string of the molecule is O=C(O)c1ccc(NC(C(=O)OCc2ccccc2)c2ccccc2)cc1. The first-order valence-corrected chi connectivity index (χ1v) is 8.49. The molecule has 5 heteroatoms. The third kappa shape index (κ3) is 4.95. The van der Waals surface area contributed by atoms with Gasteiger partial charge in [-0.1, -0.05) is 60.7 Å². The van der Waals surface area contributed by atoms with Crippen molar-refractivity contribution in [1.82, 2.24) is 0 Å². The molecule has 0 saturated heterocycles. The van der Waals surface area contributed by atoms with Gasteiger partial charge >= 0.3 is 11.9 Å². The Hall–Kier alpha value is -3.60. The molecule has 27 heavy (non-hydrogen) atoms. The van der Waals surface area contributed by atoms with E-state index in [-0.39, 0.29) is 12.2 Å². The molecule has 3 aromatic rings. The van der Waals surface area contributed by atoms with Crippen LogP contribution in [0.1, 0.15) is 27.5 Å². The van der Waals surface area contributed by atoms with Crippen LogP contribution >= 0.6 is 0 Å². The third-order valence-corrected chi connectivity index (χ3v) is 4.04. The van der Waals surface area contributed by atoms with Crippen LogP contribution in [0.15, 0.2) is 84.9 Å². The Morgan fingerprint density at radius 3 is 2.04 bits per heavy atom. The second kappa shape index (κ2) is 8.67. The molecule has 1 atom stereocenters. The van der Waals surface area contributed by atoms with Crippen molar-refractivity contribution in [2.24, 2.45) is 0 Å². The molecule has 0 aliphatic rings. The van der Waals surface area contributed by atoms with Gasteiger partial charge in [-0.15, -0.1) is 0 Å². The number of aromatic carboxylic acids is 1. The van der Waals surface area contributed by atoms with Crippen LogP contribution in [0.4, 0.5) is 5.69 Å². The third-order valence-electron chi connectivity index (χ3n) is 4.04. The molecule has 0 saturated carbocycles. The van der Waals surface area contributed by atoms with Crippen LogP contribution < -0.4 is 5.32 Å². The Balaban J connectivity index is 1.76. The van der Waals surface area contributed by atoms with E-state index in [9.17, 15) is 9.59 Å². The van der Waals surface area contributed by atoms with Crippen LogP contribution in [0.5, 0.6) is 0 Å². The van der Waals surface area contributed by atoms with Gasteiger partial charge in [0.15, 0.2) is 6.04 Å². The van der Waals surface area contributed by atoms with Crippen LogP contribution in [0, 0.1) is 0 Å². The number of carboxylic acids is 1. The number of carboxylic acid groups (broad SMARTS) is 1. The van der Waals surface area contributed by atoms with Gasteiger partial charge in [0.2, 0.25) is 0 Å². The minimum absolute atomic E-state index is 0.183.